The van der Waals surface area contributed by atoms with E-state index in [1.54, 1.807) is 6.07 Å². The van der Waals surface area contributed by atoms with E-state index in [1.807, 2.05) is 12.1 Å². The number of benzene rings is 1. The summed E-state index contributed by atoms with van der Waals surface area (Å²) in [4.78, 5) is 6.72. The van der Waals surface area contributed by atoms with Crippen LogP contribution in [-0.2, 0) is 16.5 Å². The van der Waals surface area contributed by atoms with Crippen molar-refractivity contribution in [2.75, 3.05) is 0 Å². The second-order valence-corrected chi connectivity index (χ2v) is 6.79. The highest BCUT2D eigenvalue weighted by molar-refractivity contribution is 7.85. The van der Waals surface area contributed by atoms with Crippen LogP contribution in [0.3, 0.4) is 0 Å². The first-order chi connectivity index (χ1) is 9.95. The van der Waals surface area contributed by atoms with Crippen LogP contribution in [0.4, 0.5) is 0 Å². The molecule has 0 saturated heterocycles. The molecule has 116 valence electrons. The molecule has 5 nitrogen and oxygen atoms in total. The highest BCUT2D eigenvalue weighted by Crippen LogP contribution is 2.24. The quantitative estimate of drug-likeness (QED) is 0.766. The molecule has 0 fully saturated rings. The Balaban J connectivity index is 2.33. The lowest BCUT2D eigenvalue weighted by molar-refractivity contribution is 0.450. The number of para-hydroxylation sites is 1. The highest BCUT2D eigenvalue weighted by atomic mass is 32.2. The lowest BCUT2D eigenvalue weighted by Crippen LogP contribution is -2.04. The number of unbranched alkanes of at least 4 members (excludes halogenated alkanes) is 1. The van der Waals surface area contributed by atoms with Crippen molar-refractivity contribution in [3.8, 4) is 0 Å². The van der Waals surface area contributed by atoms with Crippen molar-refractivity contribution in [1.82, 2.24) is 9.97 Å². The van der Waals surface area contributed by atoms with Crippen molar-refractivity contribution in [3.63, 3.8) is 0 Å². The normalized spacial score (nSPS) is 13.7. The molecule has 1 atom stereocenters. The standard InChI is InChI=1S/C15H22N2O3S/c1-3-5-7-11(4-2)10-12-8-6-9-13-14(12)17-15(16-13)21(18,19)20/h6,8-9,11H,3-5,7,10H2,1-2H3,(H,16,17)(H,18,19,20). The molecule has 1 aromatic heterocycles. The average molecular weight is 310 g/mol. The second-order valence-electron chi connectivity index (χ2n) is 5.45. The average Bonchev–Trinajstić information content (AvgIpc) is 2.88. The summed E-state index contributed by atoms with van der Waals surface area (Å²) < 4.78 is 31.5. The first kappa shape index (κ1) is 16.0. The number of nitrogens with zero attached hydrogens (tertiary/aromatic N) is 1. The minimum Gasteiger partial charge on any atom is -0.327 e. The van der Waals surface area contributed by atoms with Crippen LogP contribution in [0.2, 0.25) is 0 Å². The summed E-state index contributed by atoms with van der Waals surface area (Å²) in [6.45, 7) is 4.36. The fraction of sp³-hybridized carbons (Fsp3) is 0.533. The predicted molar refractivity (Wildman–Crippen MR) is 82.9 cm³/mol. The van der Waals surface area contributed by atoms with Gasteiger partial charge in [0.1, 0.15) is 0 Å². The minimum absolute atomic E-state index is 0.383. The van der Waals surface area contributed by atoms with Crippen LogP contribution in [0.15, 0.2) is 23.4 Å². The van der Waals surface area contributed by atoms with E-state index in [-0.39, 0.29) is 5.16 Å². The summed E-state index contributed by atoms with van der Waals surface area (Å²) in [6.07, 6.45) is 5.51. The van der Waals surface area contributed by atoms with Crippen LogP contribution in [0.25, 0.3) is 11.0 Å². The van der Waals surface area contributed by atoms with Gasteiger partial charge in [-0.2, -0.15) is 8.42 Å². The van der Waals surface area contributed by atoms with Gasteiger partial charge in [-0.25, -0.2) is 4.98 Å². The van der Waals surface area contributed by atoms with Crippen molar-refractivity contribution >= 4 is 21.2 Å². The summed E-state index contributed by atoms with van der Waals surface area (Å²) >= 11 is 0. The monoisotopic (exact) mass is 310 g/mol. The number of aromatic nitrogens is 2. The van der Waals surface area contributed by atoms with Crippen molar-refractivity contribution < 1.29 is 13.0 Å². The molecule has 2 aromatic rings. The molecule has 6 heteroatoms. The van der Waals surface area contributed by atoms with Gasteiger partial charge in [-0.1, -0.05) is 51.7 Å². The third-order valence-electron chi connectivity index (χ3n) is 3.87. The number of imidazole rings is 1. The van der Waals surface area contributed by atoms with E-state index in [4.69, 9.17) is 4.55 Å². The van der Waals surface area contributed by atoms with Crippen LogP contribution in [0, 0.1) is 5.92 Å². The molecule has 0 aliphatic rings. The summed E-state index contributed by atoms with van der Waals surface area (Å²) in [5.41, 5.74) is 2.31. The Kier molecular flexibility index (Phi) is 5.00. The molecular weight excluding hydrogens is 288 g/mol. The first-order valence-electron chi connectivity index (χ1n) is 7.40. The van der Waals surface area contributed by atoms with E-state index < -0.39 is 10.1 Å². The lowest BCUT2D eigenvalue weighted by Gasteiger charge is -2.14. The molecule has 0 spiro atoms. The number of rotatable bonds is 7. The highest BCUT2D eigenvalue weighted by Gasteiger charge is 2.18. The van der Waals surface area contributed by atoms with E-state index in [0.717, 1.165) is 18.4 Å². The number of aromatic amines is 1. The van der Waals surface area contributed by atoms with Gasteiger partial charge >= 0.3 is 10.1 Å². The molecule has 0 saturated carbocycles. The molecule has 1 heterocycles. The number of hydrogen-bond donors (Lipinski definition) is 2. The van der Waals surface area contributed by atoms with Crippen molar-refractivity contribution in [2.45, 2.75) is 51.1 Å². The summed E-state index contributed by atoms with van der Waals surface area (Å²) in [7, 11) is -4.30. The predicted octanol–water partition coefficient (Wildman–Crippen LogP) is 3.57. The maximum Gasteiger partial charge on any atom is 0.328 e. The van der Waals surface area contributed by atoms with Crippen molar-refractivity contribution in [2.24, 2.45) is 5.92 Å². The van der Waals surface area contributed by atoms with Crippen LogP contribution < -0.4 is 0 Å². The smallest absolute Gasteiger partial charge is 0.327 e. The van der Waals surface area contributed by atoms with Gasteiger partial charge in [0.15, 0.2) is 0 Å². The van der Waals surface area contributed by atoms with Gasteiger partial charge in [-0.05, 0) is 24.0 Å². The Morgan fingerprint density at radius 2 is 2.10 bits per heavy atom. The second kappa shape index (κ2) is 6.58. The van der Waals surface area contributed by atoms with Crippen LogP contribution in [0.5, 0.6) is 0 Å². The van der Waals surface area contributed by atoms with Crippen molar-refractivity contribution in [1.29, 1.82) is 0 Å². The summed E-state index contributed by atoms with van der Waals surface area (Å²) in [5, 5.41) is -0.383. The summed E-state index contributed by atoms with van der Waals surface area (Å²) in [5.74, 6) is 0.571. The molecule has 2 N–H and O–H groups in total. The third kappa shape index (κ3) is 3.83. The Bertz CT molecular complexity index is 707. The van der Waals surface area contributed by atoms with Gasteiger partial charge in [0.25, 0.3) is 5.16 Å². The third-order valence-corrected chi connectivity index (χ3v) is 4.55. The van der Waals surface area contributed by atoms with Crippen LogP contribution in [-0.4, -0.2) is 22.9 Å². The molecule has 0 bridgehead atoms. The number of H-pyrrole nitrogens is 1. The zero-order chi connectivity index (χ0) is 15.5. The SMILES string of the molecule is CCCCC(CC)Cc1cccc2[nH]c(S(=O)(=O)O)nc12. The topological polar surface area (TPSA) is 83.0 Å². The Morgan fingerprint density at radius 3 is 2.71 bits per heavy atom. The van der Waals surface area contributed by atoms with E-state index in [9.17, 15) is 8.42 Å². The molecular formula is C15H22N2O3S. The Hall–Kier alpha value is -1.40. The molecule has 0 aliphatic carbocycles. The number of fused-ring (bicyclic) bond motifs is 1. The van der Waals surface area contributed by atoms with Crippen molar-refractivity contribution in [3.05, 3.63) is 23.8 Å². The Labute approximate surface area is 125 Å². The van der Waals surface area contributed by atoms with Gasteiger partial charge in [-0.3, -0.25) is 4.55 Å². The maximum absolute atomic E-state index is 11.2. The molecule has 0 aliphatic heterocycles. The fourth-order valence-electron chi connectivity index (χ4n) is 2.61. The zero-order valence-electron chi connectivity index (χ0n) is 12.5. The molecule has 1 aromatic carbocycles. The minimum atomic E-state index is -4.30. The zero-order valence-corrected chi connectivity index (χ0v) is 13.3. The van der Waals surface area contributed by atoms with Gasteiger partial charge < -0.3 is 4.98 Å². The van der Waals surface area contributed by atoms with E-state index >= 15 is 0 Å². The van der Waals surface area contributed by atoms with E-state index in [0.29, 0.717) is 17.0 Å². The fourth-order valence-corrected chi connectivity index (χ4v) is 3.06. The van der Waals surface area contributed by atoms with Crippen LogP contribution in [0.1, 0.15) is 45.1 Å². The van der Waals surface area contributed by atoms with Gasteiger partial charge in [0.05, 0.1) is 11.0 Å². The largest absolute Gasteiger partial charge is 0.328 e. The molecule has 1 unspecified atom stereocenters. The van der Waals surface area contributed by atoms with Gasteiger partial charge in [0.2, 0.25) is 0 Å². The van der Waals surface area contributed by atoms with E-state index in [2.05, 4.69) is 23.8 Å². The maximum atomic E-state index is 11.2. The van der Waals surface area contributed by atoms with E-state index in [1.165, 1.54) is 19.3 Å². The van der Waals surface area contributed by atoms with Gasteiger partial charge in [0, 0.05) is 0 Å². The summed E-state index contributed by atoms with van der Waals surface area (Å²) in [6, 6.07) is 5.63. The van der Waals surface area contributed by atoms with Gasteiger partial charge in [-0.15, -0.1) is 0 Å². The Morgan fingerprint density at radius 1 is 1.33 bits per heavy atom. The molecule has 2 rings (SSSR count). The molecule has 0 amide bonds. The molecule has 21 heavy (non-hydrogen) atoms. The van der Waals surface area contributed by atoms with Crippen LogP contribution >= 0.6 is 0 Å². The first-order valence-corrected chi connectivity index (χ1v) is 8.84. The number of hydrogen-bond acceptors (Lipinski definition) is 3. The lowest BCUT2D eigenvalue weighted by atomic mass is 9.91. The molecule has 0 radical (unpaired) electrons. The number of nitrogens with one attached hydrogen (secondary N) is 1.